The summed E-state index contributed by atoms with van der Waals surface area (Å²) in [7, 11) is 0. The van der Waals surface area contributed by atoms with Crippen LogP contribution >= 0.6 is 11.3 Å². The molecule has 0 aliphatic rings. The lowest BCUT2D eigenvalue weighted by molar-refractivity contribution is 0.0699. The van der Waals surface area contributed by atoms with E-state index in [0.29, 0.717) is 0 Å². The second-order valence-corrected chi connectivity index (χ2v) is 5.00. The molecule has 21 heavy (non-hydrogen) atoms. The van der Waals surface area contributed by atoms with E-state index < -0.39 is 28.7 Å². The Morgan fingerprint density at radius 1 is 1.29 bits per heavy atom. The monoisotopic (exact) mass is 308 g/mol. The molecule has 1 aromatic carbocycles. The Morgan fingerprint density at radius 2 is 1.95 bits per heavy atom. The van der Waals surface area contributed by atoms with Gasteiger partial charge in [0, 0.05) is 5.38 Å². The van der Waals surface area contributed by atoms with Gasteiger partial charge < -0.3 is 10.1 Å². The second kappa shape index (κ2) is 4.74. The van der Waals surface area contributed by atoms with Crippen molar-refractivity contribution in [2.75, 3.05) is 0 Å². The Kier molecular flexibility index (Phi) is 3.02. The highest BCUT2D eigenvalue weighted by Gasteiger charge is 2.19. The number of aromatic amines is 1. The maximum atomic E-state index is 13.7. The van der Waals surface area contributed by atoms with Crippen LogP contribution in [-0.4, -0.2) is 21.0 Å². The van der Waals surface area contributed by atoms with E-state index in [1.54, 1.807) is 0 Å². The Morgan fingerprint density at radius 3 is 2.57 bits per heavy atom. The summed E-state index contributed by atoms with van der Waals surface area (Å²) in [5.41, 5.74) is -1.40. The first-order chi connectivity index (χ1) is 9.99. The summed E-state index contributed by atoms with van der Waals surface area (Å²) >= 11 is 0.920. The van der Waals surface area contributed by atoms with Gasteiger partial charge in [0.1, 0.15) is 22.3 Å². The Bertz CT molecular complexity index is 913. The van der Waals surface area contributed by atoms with E-state index in [4.69, 9.17) is 5.11 Å². The molecule has 0 saturated heterocycles. The third-order valence-electron chi connectivity index (χ3n) is 2.87. The molecule has 0 radical (unpaired) electrons. The molecule has 2 aromatic heterocycles. The summed E-state index contributed by atoms with van der Waals surface area (Å²) in [6.45, 7) is 0. The molecule has 0 bridgehead atoms. The lowest BCUT2D eigenvalue weighted by Crippen LogP contribution is -2.12. The highest BCUT2D eigenvalue weighted by Crippen LogP contribution is 2.26. The van der Waals surface area contributed by atoms with Crippen molar-refractivity contribution in [1.82, 2.24) is 9.97 Å². The van der Waals surface area contributed by atoms with Crippen LogP contribution in [0.5, 0.6) is 0 Å². The molecule has 8 heteroatoms. The minimum atomic E-state index is -1.27. The average molecular weight is 308 g/mol. The number of halogens is 2. The summed E-state index contributed by atoms with van der Waals surface area (Å²) in [5, 5.41) is 10.1. The van der Waals surface area contributed by atoms with E-state index in [1.165, 1.54) is 11.4 Å². The van der Waals surface area contributed by atoms with Gasteiger partial charge in [-0.25, -0.2) is 18.6 Å². The SMILES string of the molecule is O=C(O)c1csc2nc(-c3c(F)cccc3F)[nH]c(=O)c12. The smallest absolute Gasteiger partial charge is 0.337 e. The Hall–Kier alpha value is -2.61. The molecule has 0 unspecified atom stereocenters. The highest BCUT2D eigenvalue weighted by atomic mass is 32.1. The van der Waals surface area contributed by atoms with E-state index in [9.17, 15) is 18.4 Å². The van der Waals surface area contributed by atoms with Gasteiger partial charge in [-0.05, 0) is 12.1 Å². The summed E-state index contributed by atoms with van der Waals surface area (Å²) in [5.74, 6) is -3.28. The predicted molar refractivity (Wildman–Crippen MR) is 72.6 cm³/mol. The zero-order valence-electron chi connectivity index (χ0n) is 10.2. The largest absolute Gasteiger partial charge is 0.478 e. The predicted octanol–water partition coefficient (Wildman–Crippen LogP) is 2.63. The topological polar surface area (TPSA) is 83.0 Å². The number of hydrogen-bond acceptors (Lipinski definition) is 4. The molecule has 3 rings (SSSR count). The van der Waals surface area contributed by atoms with Crippen LogP contribution < -0.4 is 5.56 Å². The van der Waals surface area contributed by atoms with Gasteiger partial charge in [-0.3, -0.25) is 4.79 Å². The van der Waals surface area contributed by atoms with Crippen LogP contribution in [0.3, 0.4) is 0 Å². The molecule has 106 valence electrons. The van der Waals surface area contributed by atoms with E-state index in [1.807, 2.05) is 0 Å². The molecule has 2 heterocycles. The zero-order valence-corrected chi connectivity index (χ0v) is 11.0. The third-order valence-corrected chi connectivity index (χ3v) is 3.75. The van der Waals surface area contributed by atoms with Crippen molar-refractivity contribution in [2.24, 2.45) is 0 Å². The van der Waals surface area contributed by atoms with Crippen LogP contribution in [0.4, 0.5) is 8.78 Å². The molecular weight excluding hydrogens is 302 g/mol. The van der Waals surface area contributed by atoms with Crippen molar-refractivity contribution >= 4 is 27.5 Å². The number of carboxylic acids is 1. The van der Waals surface area contributed by atoms with E-state index >= 15 is 0 Å². The van der Waals surface area contributed by atoms with Gasteiger partial charge >= 0.3 is 5.97 Å². The van der Waals surface area contributed by atoms with Gasteiger partial charge in [0.15, 0.2) is 0 Å². The van der Waals surface area contributed by atoms with Crippen LogP contribution in [-0.2, 0) is 0 Å². The first kappa shape index (κ1) is 13.4. The van der Waals surface area contributed by atoms with Crippen LogP contribution in [0, 0.1) is 11.6 Å². The molecule has 0 atom stereocenters. The van der Waals surface area contributed by atoms with Gasteiger partial charge in [0.05, 0.1) is 16.5 Å². The van der Waals surface area contributed by atoms with Crippen molar-refractivity contribution in [2.45, 2.75) is 0 Å². The molecule has 0 spiro atoms. The quantitative estimate of drug-likeness (QED) is 0.762. The van der Waals surface area contributed by atoms with Crippen molar-refractivity contribution < 1.29 is 18.7 Å². The summed E-state index contributed by atoms with van der Waals surface area (Å²) < 4.78 is 27.4. The normalized spacial score (nSPS) is 11.0. The minimum Gasteiger partial charge on any atom is -0.478 e. The molecule has 0 saturated carbocycles. The Balaban J connectivity index is 2.33. The molecular formula is C13H6F2N2O3S. The highest BCUT2D eigenvalue weighted by molar-refractivity contribution is 7.17. The standard InChI is InChI=1S/C13H6F2N2O3S/c14-6-2-1-3-7(15)9(6)10-16-11(18)8-5(13(19)20)4-21-12(8)17-10/h1-4H,(H,19,20)(H,16,17,18). The van der Waals surface area contributed by atoms with E-state index in [0.717, 1.165) is 23.5 Å². The molecule has 0 aliphatic heterocycles. The summed E-state index contributed by atoms with van der Waals surface area (Å²) in [6, 6.07) is 3.28. The van der Waals surface area contributed by atoms with E-state index in [2.05, 4.69) is 9.97 Å². The number of nitrogens with one attached hydrogen (secondary N) is 1. The van der Waals surface area contributed by atoms with Gasteiger partial charge in [-0.1, -0.05) is 6.07 Å². The first-order valence-corrected chi connectivity index (χ1v) is 6.56. The first-order valence-electron chi connectivity index (χ1n) is 5.68. The van der Waals surface area contributed by atoms with E-state index in [-0.39, 0.29) is 21.6 Å². The number of H-pyrrole nitrogens is 1. The van der Waals surface area contributed by atoms with Crippen LogP contribution in [0.25, 0.3) is 21.6 Å². The van der Waals surface area contributed by atoms with Crippen LogP contribution in [0.1, 0.15) is 10.4 Å². The Labute approximate surface area is 119 Å². The van der Waals surface area contributed by atoms with Crippen LogP contribution in [0.2, 0.25) is 0 Å². The molecule has 3 aromatic rings. The summed E-state index contributed by atoms with van der Waals surface area (Å²) in [6.07, 6.45) is 0. The van der Waals surface area contributed by atoms with Crippen molar-refractivity contribution in [1.29, 1.82) is 0 Å². The van der Waals surface area contributed by atoms with Crippen molar-refractivity contribution in [3.05, 3.63) is 51.1 Å². The average Bonchev–Trinajstić information content (AvgIpc) is 2.83. The molecule has 5 nitrogen and oxygen atoms in total. The fraction of sp³-hybridized carbons (Fsp3) is 0. The van der Waals surface area contributed by atoms with Gasteiger partial charge in [-0.15, -0.1) is 11.3 Å². The molecule has 0 amide bonds. The van der Waals surface area contributed by atoms with Crippen molar-refractivity contribution in [3.63, 3.8) is 0 Å². The van der Waals surface area contributed by atoms with Crippen molar-refractivity contribution in [3.8, 4) is 11.4 Å². The molecule has 2 N–H and O–H groups in total. The molecule has 0 aliphatic carbocycles. The number of hydrogen-bond donors (Lipinski definition) is 2. The number of fused-ring (bicyclic) bond motifs is 1. The summed E-state index contributed by atoms with van der Waals surface area (Å²) in [4.78, 5) is 29.3. The maximum Gasteiger partial charge on any atom is 0.337 e. The fourth-order valence-corrected chi connectivity index (χ4v) is 2.86. The number of thiophene rings is 1. The number of benzene rings is 1. The van der Waals surface area contributed by atoms with Gasteiger partial charge in [0.2, 0.25) is 0 Å². The molecule has 0 fully saturated rings. The maximum absolute atomic E-state index is 13.7. The van der Waals surface area contributed by atoms with Gasteiger partial charge in [0.25, 0.3) is 5.56 Å². The van der Waals surface area contributed by atoms with Crippen LogP contribution in [0.15, 0.2) is 28.4 Å². The number of nitrogens with zero attached hydrogens (tertiary/aromatic N) is 1. The lowest BCUT2D eigenvalue weighted by atomic mass is 10.1. The fourth-order valence-electron chi connectivity index (χ4n) is 1.95. The number of carboxylic acid groups (broad SMARTS) is 1. The zero-order chi connectivity index (χ0) is 15.1. The number of aromatic nitrogens is 2. The van der Waals surface area contributed by atoms with Gasteiger partial charge in [-0.2, -0.15) is 0 Å². The third kappa shape index (κ3) is 2.09. The number of rotatable bonds is 2. The lowest BCUT2D eigenvalue weighted by Gasteiger charge is -2.04. The minimum absolute atomic E-state index is 0.104. The number of aromatic carboxylic acids is 1. The second-order valence-electron chi connectivity index (χ2n) is 4.15. The number of carbonyl (C=O) groups is 1.